The molecule has 1 rings (SSSR count). The summed E-state index contributed by atoms with van der Waals surface area (Å²) in [5.74, 6) is -0.313. The van der Waals surface area contributed by atoms with Crippen molar-refractivity contribution in [2.45, 2.75) is 20.8 Å². The van der Waals surface area contributed by atoms with Crippen LogP contribution in [0.3, 0.4) is 0 Å². The van der Waals surface area contributed by atoms with Gasteiger partial charge in [-0.15, -0.1) is 0 Å². The highest BCUT2D eigenvalue weighted by atomic mass is 16.5. The number of hydrogen-bond acceptors (Lipinski definition) is 3. The Morgan fingerprint density at radius 1 is 1.41 bits per heavy atom. The average molecular weight is 229 g/mol. The van der Waals surface area contributed by atoms with E-state index in [9.17, 15) is 4.79 Å². The predicted octanol–water partition coefficient (Wildman–Crippen LogP) is 2.91. The van der Waals surface area contributed by atoms with Crippen LogP contribution in [0.4, 0.5) is 0 Å². The zero-order valence-corrected chi connectivity index (χ0v) is 10.3. The van der Waals surface area contributed by atoms with Crippen LogP contribution in [0.25, 0.3) is 5.57 Å². The van der Waals surface area contributed by atoms with Gasteiger partial charge in [-0.25, -0.2) is 4.79 Å². The zero-order chi connectivity index (χ0) is 12.8. The van der Waals surface area contributed by atoms with Gasteiger partial charge in [0.15, 0.2) is 0 Å². The SMILES string of the molecule is CCOC(=O)/C(C)=C(/C)c1cccc(C#N)c1. The highest BCUT2D eigenvalue weighted by Gasteiger charge is 2.10. The quantitative estimate of drug-likeness (QED) is 0.591. The van der Waals surface area contributed by atoms with Gasteiger partial charge >= 0.3 is 5.97 Å². The Morgan fingerprint density at radius 3 is 2.71 bits per heavy atom. The van der Waals surface area contributed by atoms with E-state index in [1.54, 1.807) is 32.0 Å². The molecule has 0 amide bonds. The maximum atomic E-state index is 11.6. The van der Waals surface area contributed by atoms with Crippen LogP contribution in [-0.2, 0) is 9.53 Å². The Balaban J connectivity index is 3.10. The van der Waals surface area contributed by atoms with Crippen LogP contribution in [0.5, 0.6) is 0 Å². The second-order valence-electron chi connectivity index (χ2n) is 3.66. The third-order valence-electron chi connectivity index (χ3n) is 2.57. The van der Waals surface area contributed by atoms with E-state index in [-0.39, 0.29) is 5.97 Å². The third kappa shape index (κ3) is 3.18. The molecule has 1 aromatic carbocycles. The summed E-state index contributed by atoms with van der Waals surface area (Å²) in [4.78, 5) is 11.6. The lowest BCUT2D eigenvalue weighted by Crippen LogP contribution is -2.06. The molecule has 0 aliphatic carbocycles. The van der Waals surface area contributed by atoms with Crippen molar-refractivity contribution in [1.82, 2.24) is 0 Å². The number of esters is 1. The molecule has 0 aromatic heterocycles. The smallest absolute Gasteiger partial charge is 0.333 e. The maximum Gasteiger partial charge on any atom is 0.333 e. The van der Waals surface area contributed by atoms with E-state index in [0.29, 0.717) is 17.7 Å². The van der Waals surface area contributed by atoms with Gasteiger partial charge in [0, 0.05) is 5.57 Å². The van der Waals surface area contributed by atoms with Gasteiger partial charge in [-0.05, 0) is 44.0 Å². The molecule has 17 heavy (non-hydrogen) atoms. The van der Waals surface area contributed by atoms with Crippen molar-refractivity contribution >= 4 is 11.5 Å². The molecule has 1 aromatic rings. The Hall–Kier alpha value is -2.08. The molecule has 0 radical (unpaired) electrons. The van der Waals surface area contributed by atoms with E-state index in [0.717, 1.165) is 11.1 Å². The second kappa shape index (κ2) is 5.86. The normalized spacial score (nSPS) is 11.4. The molecular formula is C14H15NO2. The highest BCUT2D eigenvalue weighted by Crippen LogP contribution is 2.19. The first kappa shape index (κ1) is 13.0. The van der Waals surface area contributed by atoms with Crippen LogP contribution in [0.1, 0.15) is 31.9 Å². The number of hydrogen-bond donors (Lipinski definition) is 0. The summed E-state index contributed by atoms with van der Waals surface area (Å²) in [6.07, 6.45) is 0. The Labute approximate surface area is 101 Å². The summed E-state index contributed by atoms with van der Waals surface area (Å²) in [6, 6.07) is 9.25. The van der Waals surface area contributed by atoms with E-state index in [2.05, 4.69) is 6.07 Å². The van der Waals surface area contributed by atoms with Gasteiger partial charge in [0.05, 0.1) is 18.2 Å². The van der Waals surface area contributed by atoms with Crippen molar-refractivity contribution in [1.29, 1.82) is 5.26 Å². The lowest BCUT2D eigenvalue weighted by molar-refractivity contribution is -0.138. The number of nitriles is 1. The molecule has 0 bridgehead atoms. The summed E-state index contributed by atoms with van der Waals surface area (Å²) < 4.78 is 4.94. The molecule has 3 nitrogen and oxygen atoms in total. The van der Waals surface area contributed by atoms with Crippen molar-refractivity contribution in [3.05, 3.63) is 41.0 Å². The average Bonchev–Trinajstić information content (AvgIpc) is 2.37. The molecule has 0 N–H and O–H groups in total. The Kier molecular flexibility index (Phi) is 4.47. The summed E-state index contributed by atoms with van der Waals surface area (Å²) in [5, 5.41) is 8.82. The first-order chi connectivity index (χ1) is 8.10. The molecule has 0 fully saturated rings. The van der Waals surface area contributed by atoms with Crippen LogP contribution in [0.15, 0.2) is 29.8 Å². The van der Waals surface area contributed by atoms with Crippen molar-refractivity contribution in [3.63, 3.8) is 0 Å². The van der Waals surface area contributed by atoms with Crippen molar-refractivity contribution in [2.24, 2.45) is 0 Å². The van der Waals surface area contributed by atoms with Gasteiger partial charge in [-0.1, -0.05) is 12.1 Å². The molecule has 0 aliphatic heterocycles. The monoisotopic (exact) mass is 229 g/mol. The Bertz CT molecular complexity index is 495. The van der Waals surface area contributed by atoms with Gasteiger partial charge < -0.3 is 4.74 Å². The number of rotatable bonds is 3. The number of benzene rings is 1. The van der Waals surface area contributed by atoms with Gasteiger partial charge in [0.25, 0.3) is 0 Å². The largest absolute Gasteiger partial charge is 0.463 e. The summed E-state index contributed by atoms with van der Waals surface area (Å²) in [6.45, 7) is 5.72. The van der Waals surface area contributed by atoms with Crippen LogP contribution in [0.2, 0.25) is 0 Å². The maximum absolute atomic E-state index is 11.6. The molecule has 88 valence electrons. The fraction of sp³-hybridized carbons (Fsp3) is 0.286. The topological polar surface area (TPSA) is 50.1 Å². The minimum atomic E-state index is -0.313. The van der Waals surface area contributed by atoms with E-state index >= 15 is 0 Å². The minimum Gasteiger partial charge on any atom is -0.463 e. The van der Waals surface area contributed by atoms with Gasteiger partial charge in [-0.2, -0.15) is 5.26 Å². The minimum absolute atomic E-state index is 0.313. The highest BCUT2D eigenvalue weighted by molar-refractivity contribution is 5.96. The lowest BCUT2D eigenvalue weighted by Gasteiger charge is -2.07. The molecular weight excluding hydrogens is 214 g/mol. The predicted molar refractivity (Wildman–Crippen MR) is 66.1 cm³/mol. The number of nitrogens with zero attached hydrogens (tertiary/aromatic N) is 1. The lowest BCUT2D eigenvalue weighted by atomic mass is 10.0. The number of allylic oxidation sites excluding steroid dienone is 1. The molecule has 0 saturated carbocycles. The summed E-state index contributed by atoms with van der Waals surface area (Å²) in [7, 11) is 0. The summed E-state index contributed by atoms with van der Waals surface area (Å²) >= 11 is 0. The summed E-state index contributed by atoms with van der Waals surface area (Å²) in [5.41, 5.74) is 2.86. The fourth-order valence-electron chi connectivity index (χ4n) is 1.43. The van der Waals surface area contributed by atoms with Crippen molar-refractivity contribution in [3.8, 4) is 6.07 Å². The number of carbonyl (C=O) groups excluding carboxylic acids is 1. The van der Waals surface area contributed by atoms with Gasteiger partial charge in [0.2, 0.25) is 0 Å². The Morgan fingerprint density at radius 2 is 2.12 bits per heavy atom. The van der Waals surface area contributed by atoms with E-state index in [1.165, 1.54) is 0 Å². The molecule has 0 atom stereocenters. The molecule has 3 heteroatoms. The molecule has 0 aliphatic rings. The van der Waals surface area contributed by atoms with Crippen LogP contribution in [0, 0.1) is 11.3 Å². The molecule has 0 unspecified atom stereocenters. The van der Waals surface area contributed by atoms with E-state index in [1.807, 2.05) is 13.0 Å². The third-order valence-corrected chi connectivity index (χ3v) is 2.57. The molecule has 0 spiro atoms. The molecule has 0 saturated heterocycles. The van der Waals surface area contributed by atoms with Crippen LogP contribution < -0.4 is 0 Å². The van der Waals surface area contributed by atoms with E-state index in [4.69, 9.17) is 10.00 Å². The number of ether oxygens (including phenoxy) is 1. The molecule has 0 heterocycles. The standard InChI is InChI=1S/C14H15NO2/c1-4-17-14(16)11(3)10(2)13-7-5-6-12(8-13)9-15/h5-8H,4H2,1-3H3/b11-10-. The van der Waals surface area contributed by atoms with Crippen molar-refractivity contribution in [2.75, 3.05) is 6.61 Å². The van der Waals surface area contributed by atoms with Crippen molar-refractivity contribution < 1.29 is 9.53 Å². The second-order valence-corrected chi connectivity index (χ2v) is 3.66. The number of carbonyl (C=O) groups is 1. The first-order valence-electron chi connectivity index (χ1n) is 5.45. The van der Waals surface area contributed by atoms with Crippen LogP contribution >= 0.6 is 0 Å². The van der Waals surface area contributed by atoms with Crippen LogP contribution in [-0.4, -0.2) is 12.6 Å². The van der Waals surface area contributed by atoms with Gasteiger partial charge in [-0.3, -0.25) is 0 Å². The first-order valence-corrected chi connectivity index (χ1v) is 5.45. The zero-order valence-electron chi connectivity index (χ0n) is 10.3. The fourth-order valence-corrected chi connectivity index (χ4v) is 1.43. The van der Waals surface area contributed by atoms with E-state index < -0.39 is 0 Å². The van der Waals surface area contributed by atoms with Gasteiger partial charge in [0.1, 0.15) is 0 Å².